The third-order valence-corrected chi connectivity index (χ3v) is 6.06. The molecule has 1 atom stereocenters. The van der Waals surface area contributed by atoms with Crippen molar-refractivity contribution in [3.8, 4) is 0 Å². The quantitative estimate of drug-likeness (QED) is 0.638. The molecule has 1 aliphatic heterocycles. The van der Waals surface area contributed by atoms with Crippen LogP contribution in [0.25, 0.3) is 0 Å². The maximum absolute atomic E-state index is 12.9. The first-order valence-electron chi connectivity index (χ1n) is 7.84. The Morgan fingerprint density at radius 1 is 1.44 bits per heavy atom. The molecule has 25 heavy (non-hydrogen) atoms. The van der Waals surface area contributed by atoms with Crippen molar-refractivity contribution in [2.75, 3.05) is 5.75 Å². The summed E-state index contributed by atoms with van der Waals surface area (Å²) in [7, 11) is 1.68. The number of nitrogens with one attached hydrogen (secondary N) is 1. The van der Waals surface area contributed by atoms with Crippen molar-refractivity contribution in [3.05, 3.63) is 51.7 Å². The molecule has 1 aromatic carbocycles. The van der Waals surface area contributed by atoms with E-state index in [0.717, 1.165) is 22.6 Å². The SMILES string of the molecule is C[C@H]1Cc2nc(SCC(=O)NCc3ccc(F)cc3)n(C)c(=O)c2S1. The summed E-state index contributed by atoms with van der Waals surface area (Å²) in [6.07, 6.45) is 0.778. The Labute approximate surface area is 153 Å². The van der Waals surface area contributed by atoms with Gasteiger partial charge in [0.15, 0.2) is 5.16 Å². The predicted molar refractivity (Wildman–Crippen MR) is 97.5 cm³/mol. The molecular weight excluding hydrogens is 361 g/mol. The van der Waals surface area contributed by atoms with Gasteiger partial charge >= 0.3 is 0 Å². The molecule has 132 valence electrons. The smallest absolute Gasteiger partial charge is 0.267 e. The van der Waals surface area contributed by atoms with Gasteiger partial charge in [-0.3, -0.25) is 14.2 Å². The fourth-order valence-electron chi connectivity index (χ4n) is 2.49. The fourth-order valence-corrected chi connectivity index (χ4v) is 4.45. The lowest BCUT2D eigenvalue weighted by atomic mass is 10.2. The number of carbonyl (C=O) groups excluding carboxylic acids is 1. The number of aromatic nitrogens is 2. The number of hydrogen-bond acceptors (Lipinski definition) is 5. The molecule has 2 aromatic rings. The molecule has 2 heterocycles. The standard InChI is InChI=1S/C17H18FN3O2S2/c1-10-7-13-15(25-10)16(23)21(2)17(20-13)24-9-14(22)19-8-11-3-5-12(18)6-4-11/h3-6,10H,7-9H2,1-2H3,(H,19,22)/t10-/m0/s1. The molecule has 1 N–H and O–H groups in total. The van der Waals surface area contributed by atoms with Gasteiger partial charge in [-0.1, -0.05) is 30.8 Å². The first-order chi connectivity index (χ1) is 11.9. The minimum Gasteiger partial charge on any atom is -0.351 e. The van der Waals surface area contributed by atoms with Crippen LogP contribution < -0.4 is 10.9 Å². The maximum atomic E-state index is 12.9. The Kier molecular flexibility index (Phi) is 5.48. The van der Waals surface area contributed by atoms with Crippen LogP contribution in [0.15, 0.2) is 39.1 Å². The summed E-state index contributed by atoms with van der Waals surface area (Å²) in [6, 6.07) is 5.99. The van der Waals surface area contributed by atoms with Crippen LogP contribution in [-0.4, -0.2) is 26.5 Å². The molecule has 5 nitrogen and oxygen atoms in total. The van der Waals surface area contributed by atoms with Crippen molar-refractivity contribution in [2.45, 2.75) is 35.2 Å². The van der Waals surface area contributed by atoms with Crippen LogP contribution in [0, 0.1) is 5.82 Å². The number of hydrogen-bond donors (Lipinski definition) is 1. The summed E-state index contributed by atoms with van der Waals surface area (Å²) in [5, 5.41) is 3.69. The molecule has 0 aliphatic carbocycles. The van der Waals surface area contributed by atoms with Gasteiger partial charge in [0.25, 0.3) is 5.56 Å². The van der Waals surface area contributed by atoms with E-state index in [0.29, 0.717) is 17.0 Å². The average molecular weight is 379 g/mol. The summed E-state index contributed by atoms with van der Waals surface area (Å²) in [4.78, 5) is 29.7. The van der Waals surface area contributed by atoms with Gasteiger partial charge in [-0.2, -0.15) is 0 Å². The van der Waals surface area contributed by atoms with Crippen LogP contribution >= 0.6 is 23.5 Å². The first-order valence-corrected chi connectivity index (χ1v) is 9.71. The summed E-state index contributed by atoms with van der Waals surface area (Å²) >= 11 is 2.81. The van der Waals surface area contributed by atoms with Gasteiger partial charge in [-0.15, -0.1) is 11.8 Å². The van der Waals surface area contributed by atoms with Gasteiger partial charge in [0.05, 0.1) is 16.3 Å². The molecular formula is C17H18FN3O2S2. The van der Waals surface area contributed by atoms with Gasteiger partial charge in [-0.25, -0.2) is 9.37 Å². The highest BCUT2D eigenvalue weighted by Gasteiger charge is 2.25. The van der Waals surface area contributed by atoms with Gasteiger partial charge in [0, 0.05) is 25.3 Å². The Morgan fingerprint density at radius 3 is 2.88 bits per heavy atom. The zero-order valence-corrected chi connectivity index (χ0v) is 15.5. The Morgan fingerprint density at radius 2 is 2.16 bits per heavy atom. The van der Waals surface area contributed by atoms with Gasteiger partial charge in [0.2, 0.25) is 5.91 Å². The van der Waals surface area contributed by atoms with E-state index in [1.165, 1.54) is 28.5 Å². The van der Waals surface area contributed by atoms with E-state index in [2.05, 4.69) is 17.2 Å². The molecule has 1 amide bonds. The lowest BCUT2D eigenvalue weighted by Gasteiger charge is -2.09. The molecule has 0 fully saturated rings. The molecule has 0 saturated heterocycles. The Balaban J connectivity index is 1.59. The highest BCUT2D eigenvalue weighted by Crippen LogP contribution is 2.33. The fraction of sp³-hybridized carbons (Fsp3) is 0.353. The summed E-state index contributed by atoms with van der Waals surface area (Å²) in [6.45, 7) is 2.41. The molecule has 0 unspecified atom stereocenters. The van der Waals surface area contributed by atoms with Crippen LogP contribution in [0.5, 0.6) is 0 Å². The van der Waals surface area contributed by atoms with Crippen molar-refractivity contribution < 1.29 is 9.18 Å². The Hall–Kier alpha value is -1.80. The number of nitrogens with zero attached hydrogens (tertiary/aromatic N) is 2. The van der Waals surface area contributed by atoms with E-state index in [9.17, 15) is 14.0 Å². The molecule has 3 rings (SSSR count). The van der Waals surface area contributed by atoms with Crippen molar-refractivity contribution in [2.24, 2.45) is 7.05 Å². The number of thioether (sulfide) groups is 2. The monoisotopic (exact) mass is 379 g/mol. The average Bonchev–Trinajstić information content (AvgIpc) is 2.97. The van der Waals surface area contributed by atoms with Crippen molar-refractivity contribution in [3.63, 3.8) is 0 Å². The van der Waals surface area contributed by atoms with Gasteiger partial charge < -0.3 is 5.32 Å². The molecule has 0 saturated carbocycles. The van der Waals surface area contributed by atoms with E-state index in [4.69, 9.17) is 0 Å². The predicted octanol–water partition coefficient (Wildman–Crippen LogP) is 2.36. The highest BCUT2D eigenvalue weighted by molar-refractivity contribution is 8.00. The topological polar surface area (TPSA) is 64.0 Å². The van der Waals surface area contributed by atoms with E-state index in [-0.39, 0.29) is 23.0 Å². The molecule has 1 aromatic heterocycles. The number of fused-ring (bicyclic) bond motifs is 1. The second kappa shape index (κ2) is 7.61. The third-order valence-electron chi connectivity index (χ3n) is 3.81. The number of halogens is 1. The third kappa shape index (κ3) is 4.24. The van der Waals surface area contributed by atoms with E-state index < -0.39 is 0 Å². The first kappa shape index (κ1) is 18.0. The van der Waals surface area contributed by atoms with Crippen molar-refractivity contribution in [1.29, 1.82) is 0 Å². The minimum atomic E-state index is -0.304. The molecule has 0 radical (unpaired) electrons. The molecule has 0 spiro atoms. The summed E-state index contributed by atoms with van der Waals surface area (Å²) in [5.74, 6) is -0.295. The lowest BCUT2D eigenvalue weighted by Crippen LogP contribution is -2.26. The minimum absolute atomic E-state index is 0.0476. The largest absolute Gasteiger partial charge is 0.351 e. The summed E-state index contributed by atoms with van der Waals surface area (Å²) in [5.41, 5.74) is 1.61. The van der Waals surface area contributed by atoms with Crippen LogP contribution in [0.3, 0.4) is 0 Å². The van der Waals surface area contributed by atoms with Gasteiger partial charge in [-0.05, 0) is 17.7 Å². The summed E-state index contributed by atoms with van der Waals surface area (Å²) < 4.78 is 14.4. The highest BCUT2D eigenvalue weighted by atomic mass is 32.2. The number of rotatable bonds is 5. The number of carbonyl (C=O) groups is 1. The Bertz CT molecular complexity index is 852. The van der Waals surface area contributed by atoms with Crippen molar-refractivity contribution in [1.82, 2.24) is 14.9 Å². The zero-order chi connectivity index (χ0) is 18.0. The maximum Gasteiger partial charge on any atom is 0.267 e. The van der Waals surface area contributed by atoms with Gasteiger partial charge in [0.1, 0.15) is 5.82 Å². The van der Waals surface area contributed by atoms with Crippen molar-refractivity contribution >= 4 is 29.4 Å². The second-order valence-electron chi connectivity index (χ2n) is 5.86. The second-order valence-corrected chi connectivity index (χ2v) is 8.25. The number of amides is 1. The van der Waals surface area contributed by atoms with E-state index >= 15 is 0 Å². The number of benzene rings is 1. The van der Waals surface area contributed by atoms with E-state index in [1.54, 1.807) is 30.9 Å². The van der Waals surface area contributed by atoms with Crippen LogP contribution in [0.4, 0.5) is 4.39 Å². The lowest BCUT2D eigenvalue weighted by molar-refractivity contribution is -0.118. The molecule has 8 heteroatoms. The molecule has 0 bridgehead atoms. The van der Waals surface area contributed by atoms with Crippen LogP contribution in [-0.2, 0) is 24.8 Å². The van der Waals surface area contributed by atoms with Crippen LogP contribution in [0.2, 0.25) is 0 Å². The normalized spacial score (nSPS) is 15.9. The zero-order valence-electron chi connectivity index (χ0n) is 13.9. The van der Waals surface area contributed by atoms with E-state index in [1.807, 2.05) is 0 Å². The van der Waals surface area contributed by atoms with Crippen LogP contribution in [0.1, 0.15) is 18.2 Å². The molecule has 1 aliphatic rings.